The SMILES string of the molecule is Cc1nc(Cl)c(C=O)c(Nc2ccc(OC(F)F)cc2)n1. The van der Waals surface area contributed by atoms with Gasteiger partial charge in [-0.05, 0) is 31.2 Å². The summed E-state index contributed by atoms with van der Waals surface area (Å²) < 4.78 is 28.3. The normalized spacial score (nSPS) is 10.5. The summed E-state index contributed by atoms with van der Waals surface area (Å²) >= 11 is 5.86. The third-order valence-corrected chi connectivity index (χ3v) is 2.76. The number of alkyl halides is 2. The van der Waals surface area contributed by atoms with Crippen LogP contribution in [0, 0.1) is 6.92 Å². The molecule has 0 fully saturated rings. The van der Waals surface area contributed by atoms with Gasteiger partial charge in [0, 0.05) is 5.69 Å². The summed E-state index contributed by atoms with van der Waals surface area (Å²) in [5.41, 5.74) is 0.657. The highest BCUT2D eigenvalue weighted by Crippen LogP contribution is 2.24. The highest BCUT2D eigenvalue weighted by molar-refractivity contribution is 6.32. The van der Waals surface area contributed by atoms with E-state index in [-0.39, 0.29) is 22.3 Å². The molecule has 110 valence electrons. The first-order valence-electron chi connectivity index (χ1n) is 5.81. The molecule has 5 nitrogen and oxygen atoms in total. The van der Waals surface area contributed by atoms with Gasteiger partial charge in [-0.15, -0.1) is 0 Å². The van der Waals surface area contributed by atoms with Crippen LogP contribution in [0.1, 0.15) is 16.2 Å². The summed E-state index contributed by atoms with van der Waals surface area (Å²) in [6.07, 6.45) is 0.540. The molecule has 0 aliphatic rings. The molecule has 0 atom stereocenters. The van der Waals surface area contributed by atoms with Crippen LogP contribution in [0.4, 0.5) is 20.3 Å². The predicted octanol–water partition coefficient (Wildman–Crippen LogP) is 3.60. The third kappa shape index (κ3) is 3.85. The summed E-state index contributed by atoms with van der Waals surface area (Å²) in [5.74, 6) is 0.666. The lowest BCUT2D eigenvalue weighted by atomic mass is 10.2. The van der Waals surface area contributed by atoms with Crippen molar-refractivity contribution in [1.29, 1.82) is 0 Å². The number of halogens is 3. The number of hydrogen-bond acceptors (Lipinski definition) is 5. The largest absolute Gasteiger partial charge is 0.435 e. The Labute approximate surface area is 123 Å². The topological polar surface area (TPSA) is 64.1 Å². The van der Waals surface area contributed by atoms with E-state index < -0.39 is 6.61 Å². The van der Waals surface area contributed by atoms with Crippen LogP contribution in [0.25, 0.3) is 0 Å². The molecule has 0 saturated heterocycles. The molecule has 0 amide bonds. The van der Waals surface area contributed by atoms with Gasteiger partial charge in [-0.2, -0.15) is 8.78 Å². The van der Waals surface area contributed by atoms with E-state index in [1.165, 1.54) is 24.3 Å². The van der Waals surface area contributed by atoms with E-state index in [0.29, 0.717) is 17.8 Å². The van der Waals surface area contributed by atoms with Gasteiger partial charge in [-0.3, -0.25) is 4.79 Å². The lowest BCUT2D eigenvalue weighted by molar-refractivity contribution is -0.0498. The number of carbonyl (C=O) groups is 1. The standard InChI is InChI=1S/C13H10ClF2N3O2/c1-7-17-11(14)10(6-20)12(18-7)19-8-2-4-9(5-3-8)21-13(15)16/h2-6,13H,1H3,(H,17,18,19). The number of nitrogens with zero attached hydrogens (tertiary/aromatic N) is 2. The Morgan fingerprint density at radius 1 is 1.29 bits per heavy atom. The number of anilines is 2. The average Bonchev–Trinajstić information content (AvgIpc) is 2.40. The van der Waals surface area contributed by atoms with Crippen LogP contribution in [-0.2, 0) is 0 Å². The lowest BCUT2D eigenvalue weighted by Crippen LogP contribution is -2.04. The zero-order chi connectivity index (χ0) is 15.4. The van der Waals surface area contributed by atoms with Crippen LogP contribution in [0.3, 0.4) is 0 Å². The smallest absolute Gasteiger partial charge is 0.387 e. The number of carbonyl (C=O) groups excluding carboxylic acids is 1. The first-order chi connectivity index (χ1) is 9.99. The zero-order valence-electron chi connectivity index (χ0n) is 10.8. The number of nitrogens with one attached hydrogen (secondary N) is 1. The fourth-order valence-electron chi connectivity index (χ4n) is 1.60. The third-order valence-electron chi connectivity index (χ3n) is 2.47. The van der Waals surface area contributed by atoms with Crippen molar-refractivity contribution < 1.29 is 18.3 Å². The summed E-state index contributed by atoms with van der Waals surface area (Å²) in [7, 11) is 0. The highest BCUT2D eigenvalue weighted by atomic mass is 35.5. The second kappa shape index (κ2) is 6.45. The molecular weight excluding hydrogens is 304 g/mol. The molecule has 0 aliphatic carbocycles. The van der Waals surface area contributed by atoms with Gasteiger partial charge in [-0.1, -0.05) is 11.6 Å². The van der Waals surface area contributed by atoms with E-state index in [1.54, 1.807) is 6.92 Å². The van der Waals surface area contributed by atoms with Crippen molar-refractivity contribution in [2.75, 3.05) is 5.32 Å². The minimum atomic E-state index is -2.88. The number of hydrogen-bond donors (Lipinski definition) is 1. The molecule has 2 aromatic rings. The maximum absolute atomic E-state index is 12.0. The van der Waals surface area contributed by atoms with Crippen molar-refractivity contribution in [1.82, 2.24) is 9.97 Å². The van der Waals surface area contributed by atoms with Gasteiger partial charge in [0.2, 0.25) is 0 Å². The Hall–Kier alpha value is -2.28. The summed E-state index contributed by atoms with van der Waals surface area (Å²) in [6.45, 7) is -1.25. The van der Waals surface area contributed by atoms with E-state index in [9.17, 15) is 13.6 Å². The van der Waals surface area contributed by atoms with Gasteiger partial charge >= 0.3 is 6.61 Å². The first-order valence-corrected chi connectivity index (χ1v) is 6.18. The van der Waals surface area contributed by atoms with Gasteiger partial charge in [0.25, 0.3) is 0 Å². The summed E-state index contributed by atoms with van der Waals surface area (Å²) in [5, 5.41) is 2.92. The molecule has 0 unspecified atom stereocenters. The van der Waals surface area contributed by atoms with Crippen molar-refractivity contribution in [3.05, 3.63) is 40.8 Å². The van der Waals surface area contributed by atoms with E-state index in [1.807, 2.05) is 0 Å². The van der Waals surface area contributed by atoms with Crippen LogP contribution in [-0.4, -0.2) is 22.9 Å². The Kier molecular flexibility index (Phi) is 4.64. The first kappa shape index (κ1) is 15.1. The van der Waals surface area contributed by atoms with Crippen molar-refractivity contribution in [2.45, 2.75) is 13.5 Å². The quantitative estimate of drug-likeness (QED) is 0.675. The Bertz CT molecular complexity index is 651. The molecule has 21 heavy (non-hydrogen) atoms. The monoisotopic (exact) mass is 313 g/mol. The van der Waals surface area contributed by atoms with Gasteiger partial charge in [-0.25, -0.2) is 9.97 Å². The molecule has 2 rings (SSSR count). The van der Waals surface area contributed by atoms with Crippen LogP contribution in [0.5, 0.6) is 5.75 Å². The fourth-order valence-corrected chi connectivity index (χ4v) is 1.86. The molecule has 1 aromatic carbocycles. The molecule has 0 spiro atoms. The maximum Gasteiger partial charge on any atom is 0.387 e. The fraction of sp³-hybridized carbons (Fsp3) is 0.154. The van der Waals surface area contributed by atoms with E-state index >= 15 is 0 Å². The molecule has 1 aromatic heterocycles. The maximum atomic E-state index is 12.0. The molecule has 0 radical (unpaired) electrons. The average molecular weight is 314 g/mol. The molecule has 0 bridgehead atoms. The van der Waals surface area contributed by atoms with Crippen molar-refractivity contribution >= 4 is 29.4 Å². The molecule has 8 heteroatoms. The van der Waals surface area contributed by atoms with E-state index in [0.717, 1.165) is 0 Å². The second-order valence-electron chi connectivity index (χ2n) is 3.97. The molecule has 0 saturated carbocycles. The van der Waals surface area contributed by atoms with Crippen molar-refractivity contribution in [3.63, 3.8) is 0 Å². The zero-order valence-corrected chi connectivity index (χ0v) is 11.6. The van der Waals surface area contributed by atoms with Gasteiger partial charge in [0.05, 0.1) is 5.56 Å². The Balaban J connectivity index is 2.24. The lowest BCUT2D eigenvalue weighted by Gasteiger charge is -2.10. The number of ether oxygens (including phenoxy) is 1. The number of rotatable bonds is 5. The van der Waals surface area contributed by atoms with Gasteiger partial charge < -0.3 is 10.1 Å². The van der Waals surface area contributed by atoms with Crippen LogP contribution >= 0.6 is 11.6 Å². The molecule has 1 N–H and O–H groups in total. The Morgan fingerprint density at radius 3 is 2.52 bits per heavy atom. The van der Waals surface area contributed by atoms with Crippen molar-refractivity contribution in [3.8, 4) is 5.75 Å². The molecule has 0 aliphatic heterocycles. The molecule has 1 heterocycles. The van der Waals surface area contributed by atoms with Crippen LogP contribution in [0.15, 0.2) is 24.3 Å². The van der Waals surface area contributed by atoms with E-state index in [4.69, 9.17) is 11.6 Å². The molecular formula is C13H10ClF2N3O2. The predicted molar refractivity (Wildman–Crippen MR) is 73.5 cm³/mol. The summed E-state index contributed by atoms with van der Waals surface area (Å²) in [6, 6.07) is 5.75. The number of aryl methyl sites for hydroxylation is 1. The Morgan fingerprint density at radius 2 is 1.95 bits per heavy atom. The number of benzene rings is 1. The number of aromatic nitrogens is 2. The minimum absolute atomic E-state index is 0.0306. The van der Waals surface area contributed by atoms with Gasteiger partial charge in [0.15, 0.2) is 6.29 Å². The van der Waals surface area contributed by atoms with Crippen LogP contribution < -0.4 is 10.1 Å². The second-order valence-corrected chi connectivity index (χ2v) is 4.33. The van der Waals surface area contributed by atoms with Crippen molar-refractivity contribution in [2.24, 2.45) is 0 Å². The van der Waals surface area contributed by atoms with Gasteiger partial charge in [0.1, 0.15) is 22.5 Å². The minimum Gasteiger partial charge on any atom is -0.435 e. The number of aldehydes is 1. The summed E-state index contributed by atoms with van der Waals surface area (Å²) in [4.78, 5) is 19.0. The van der Waals surface area contributed by atoms with E-state index in [2.05, 4.69) is 20.0 Å². The highest BCUT2D eigenvalue weighted by Gasteiger charge is 2.11. The van der Waals surface area contributed by atoms with Crippen LogP contribution in [0.2, 0.25) is 5.15 Å².